The van der Waals surface area contributed by atoms with Crippen LogP contribution in [0, 0.1) is 0 Å². The Morgan fingerprint density at radius 2 is 0.935 bits per heavy atom. The molecular weight excluding hydrogens is 967 g/mol. The summed E-state index contributed by atoms with van der Waals surface area (Å²) >= 11 is 0. The smallest absolute Gasteiger partial charge is 0.306 e. The molecule has 8 atom stereocenters. The predicted octanol–water partition coefficient (Wildman–Crippen LogP) is 14.7. The lowest BCUT2D eigenvalue weighted by molar-refractivity contribution is -0.305. The van der Waals surface area contributed by atoms with Crippen LogP contribution in [0.5, 0.6) is 0 Å². The van der Waals surface area contributed by atoms with Crippen molar-refractivity contribution in [3.8, 4) is 0 Å². The number of amides is 1. The Hall–Kier alpha value is -3.42. The fourth-order valence-electron chi connectivity index (χ4n) is 9.06. The predicted molar refractivity (Wildman–Crippen MR) is 319 cm³/mol. The summed E-state index contributed by atoms with van der Waals surface area (Å²) in [7, 11) is 0. The fourth-order valence-corrected chi connectivity index (χ4v) is 9.06. The number of rotatable bonds is 51. The molecule has 0 bridgehead atoms. The normalized spacial score (nSPS) is 19.7. The van der Waals surface area contributed by atoms with E-state index < -0.39 is 67.4 Å². The molecule has 0 aliphatic carbocycles. The summed E-state index contributed by atoms with van der Waals surface area (Å²) in [6.07, 6.45) is 60.1. The molecule has 77 heavy (non-hydrogen) atoms. The van der Waals surface area contributed by atoms with Gasteiger partial charge in [0.25, 0.3) is 0 Å². The van der Waals surface area contributed by atoms with Crippen LogP contribution < -0.4 is 5.32 Å². The Balaban J connectivity index is 2.68. The molecule has 1 rings (SSSR count). The monoisotopic (exact) mass is 1080 g/mol. The molecule has 0 saturated carbocycles. The summed E-state index contributed by atoms with van der Waals surface area (Å²) in [5.41, 5.74) is 0. The van der Waals surface area contributed by atoms with Gasteiger partial charge in [0.1, 0.15) is 24.4 Å². The first-order chi connectivity index (χ1) is 37.7. The van der Waals surface area contributed by atoms with Crippen LogP contribution in [0.4, 0.5) is 0 Å². The highest BCUT2D eigenvalue weighted by molar-refractivity contribution is 5.80. The zero-order valence-corrected chi connectivity index (χ0v) is 48.8. The van der Waals surface area contributed by atoms with Crippen molar-refractivity contribution in [2.75, 3.05) is 13.2 Å². The van der Waals surface area contributed by atoms with Crippen molar-refractivity contribution in [1.29, 1.82) is 0 Å². The second kappa shape index (κ2) is 53.2. The molecule has 1 saturated heterocycles. The van der Waals surface area contributed by atoms with Gasteiger partial charge in [-0.05, 0) is 103 Å². The zero-order chi connectivity index (χ0) is 56.1. The minimum absolute atomic E-state index is 0.0957. The molecule has 1 aliphatic rings. The zero-order valence-electron chi connectivity index (χ0n) is 48.8. The van der Waals surface area contributed by atoms with Gasteiger partial charge in [0.05, 0.1) is 25.4 Å². The number of ether oxygens (including phenoxy) is 3. The second-order valence-corrected chi connectivity index (χ2v) is 21.0. The van der Waals surface area contributed by atoms with Crippen molar-refractivity contribution in [1.82, 2.24) is 5.32 Å². The average molecular weight is 1080 g/mol. The number of nitrogens with one attached hydrogen (secondary N) is 1. The van der Waals surface area contributed by atoms with Gasteiger partial charge < -0.3 is 45.1 Å². The van der Waals surface area contributed by atoms with Gasteiger partial charge in [0, 0.05) is 6.42 Å². The van der Waals surface area contributed by atoms with E-state index >= 15 is 0 Å². The van der Waals surface area contributed by atoms with Gasteiger partial charge in [-0.3, -0.25) is 9.59 Å². The van der Waals surface area contributed by atoms with E-state index in [-0.39, 0.29) is 19.4 Å². The first kappa shape index (κ1) is 71.6. The van der Waals surface area contributed by atoms with Crippen molar-refractivity contribution < 1.29 is 49.3 Å². The Kier molecular flexibility index (Phi) is 49.5. The molecular formula is C66H113NO10. The van der Waals surface area contributed by atoms with E-state index in [4.69, 9.17) is 14.2 Å². The maximum atomic E-state index is 13.4. The maximum Gasteiger partial charge on any atom is 0.306 e. The van der Waals surface area contributed by atoms with Crippen molar-refractivity contribution in [2.24, 2.45) is 0 Å². The summed E-state index contributed by atoms with van der Waals surface area (Å²) < 4.78 is 17.6. The van der Waals surface area contributed by atoms with E-state index in [0.29, 0.717) is 12.8 Å². The molecule has 1 amide bonds. The van der Waals surface area contributed by atoms with E-state index in [1.807, 2.05) is 6.08 Å². The average Bonchev–Trinajstić information content (AvgIpc) is 3.43. The Bertz CT molecular complexity index is 1620. The largest absolute Gasteiger partial charge is 0.454 e. The molecule has 11 heteroatoms. The van der Waals surface area contributed by atoms with Crippen LogP contribution in [-0.2, 0) is 23.8 Å². The summed E-state index contributed by atoms with van der Waals surface area (Å²) in [5, 5.41) is 56.9. The molecule has 1 aliphatic heterocycles. The molecule has 11 nitrogen and oxygen atoms in total. The van der Waals surface area contributed by atoms with Crippen LogP contribution in [0.15, 0.2) is 97.2 Å². The van der Waals surface area contributed by atoms with Gasteiger partial charge in [-0.15, -0.1) is 0 Å². The number of allylic oxidation sites excluding steroid dienone is 15. The third kappa shape index (κ3) is 41.3. The number of esters is 1. The number of unbranched alkanes of at least 4 members (excludes halogenated alkanes) is 23. The van der Waals surface area contributed by atoms with E-state index in [1.165, 1.54) is 64.2 Å². The van der Waals surface area contributed by atoms with E-state index in [9.17, 15) is 35.1 Å². The highest BCUT2D eigenvalue weighted by Crippen LogP contribution is 2.26. The lowest BCUT2D eigenvalue weighted by Crippen LogP contribution is -2.61. The van der Waals surface area contributed by atoms with Gasteiger partial charge in [-0.25, -0.2) is 0 Å². The van der Waals surface area contributed by atoms with Gasteiger partial charge in [0.15, 0.2) is 12.4 Å². The van der Waals surface area contributed by atoms with Gasteiger partial charge in [-0.1, -0.05) is 234 Å². The van der Waals surface area contributed by atoms with Crippen molar-refractivity contribution in [2.45, 2.75) is 294 Å². The van der Waals surface area contributed by atoms with Gasteiger partial charge >= 0.3 is 5.97 Å². The first-order valence-electron chi connectivity index (χ1n) is 31.0. The fraction of sp³-hybridized carbons (Fsp3) is 0.727. The standard InChI is InChI=1S/C66H113NO10/c1-4-7-10-13-16-19-22-24-26-28-29-30-31-32-34-36-39-42-45-48-51-54-61(71)77-64-63(73)62(72)60(55-68)76-66(64)75-56-57(58(69)52-49-46-43-40-37-21-18-15-12-9-6-3)67-65(74)59(70)53-50-47-44-41-38-35-33-27-25-23-20-17-14-11-8-5-2/h7,10,16-17,19-20,24-27,29-30,32,34,49,52,57-60,62-64,66,68-70,72-73H,4-6,8-9,11-15,18,21-23,28,31,33,35-48,50-51,53-56H2,1-3H3,(H,67,74)/b10-7-,19-16-,20-17-,26-24-,27-25-,30-29-,34-32-,52-49+. The molecule has 1 heterocycles. The summed E-state index contributed by atoms with van der Waals surface area (Å²) in [4.78, 5) is 26.5. The molecule has 0 aromatic rings. The number of aliphatic hydroxyl groups excluding tert-OH is 5. The minimum Gasteiger partial charge on any atom is -0.454 e. The van der Waals surface area contributed by atoms with Gasteiger partial charge in [0.2, 0.25) is 5.91 Å². The van der Waals surface area contributed by atoms with Gasteiger partial charge in [-0.2, -0.15) is 0 Å². The van der Waals surface area contributed by atoms with E-state index in [0.717, 1.165) is 135 Å². The molecule has 8 unspecified atom stereocenters. The lowest BCUT2D eigenvalue weighted by Gasteiger charge is -2.41. The van der Waals surface area contributed by atoms with Crippen LogP contribution in [0.1, 0.15) is 245 Å². The Labute approximate surface area is 469 Å². The quantitative estimate of drug-likeness (QED) is 0.0195. The third-order valence-electron chi connectivity index (χ3n) is 14.0. The number of carbonyl (C=O) groups is 2. The van der Waals surface area contributed by atoms with Crippen LogP contribution in [0.3, 0.4) is 0 Å². The molecule has 442 valence electrons. The number of hydrogen-bond acceptors (Lipinski definition) is 10. The molecule has 6 N–H and O–H groups in total. The van der Waals surface area contributed by atoms with Crippen LogP contribution >= 0.6 is 0 Å². The molecule has 0 spiro atoms. The van der Waals surface area contributed by atoms with E-state index in [1.54, 1.807) is 6.08 Å². The van der Waals surface area contributed by atoms with Crippen molar-refractivity contribution in [3.63, 3.8) is 0 Å². The molecule has 1 fully saturated rings. The minimum atomic E-state index is -1.63. The summed E-state index contributed by atoms with van der Waals surface area (Å²) in [5.74, 6) is -1.23. The highest BCUT2D eigenvalue weighted by Gasteiger charge is 2.47. The Morgan fingerprint density at radius 3 is 1.43 bits per heavy atom. The number of hydrogen-bond donors (Lipinski definition) is 6. The van der Waals surface area contributed by atoms with Crippen LogP contribution in [0.2, 0.25) is 0 Å². The lowest BCUT2D eigenvalue weighted by atomic mass is 9.99. The SMILES string of the molecule is CC/C=C\C/C=C\C/C=C\C/C=C\C/C=C\CCCCCCCC(=O)OC1C(OCC(NC(=O)C(O)CCCCCCCC/C=C\C/C=C\CCCCC)C(O)/C=C/CCCCCCCCCCC)OC(CO)C(O)C1O. The molecule has 0 aromatic heterocycles. The van der Waals surface area contributed by atoms with E-state index in [2.05, 4.69) is 111 Å². The first-order valence-corrected chi connectivity index (χ1v) is 31.0. The summed E-state index contributed by atoms with van der Waals surface area (Å²) in [6, 6.07) is -1.04. The van der Waals surface area contributed by atoms with Crippen LogP contribution in [0.25, 0.3) is 0 Å². The highest BCUT2D eigenvalue weighted by atomic mass is 16.7. The number of aliphatic hydroxyl groups is 5. The van der Waals surface area contributed by atoms with Crippen molar-refractivity contribution in [3.05, 3.63) is 97.2 Å². The maximum absolute atomic E-state index is 13.4. The van der Waals surface area contributed by atoms with Crippen molar-refractivity contribution >= 4 is 11.9 Å². The molecule has 0 aromatic carbocycles. The third-order valence-corrected chi connectivity index (χ3v) is 14.0. The molecule has 0 radical (unpaired) electrons. The summed E-state index contributed by atoms with van der Waals surface area (Å²) in [6.45, 7) is 5.62. The topological polar surface area (TPSA) is 175 Å². The second-order valence-electron chi connectivity index (χ2n) is 21.0. The number of carbonyl (C=O) groups excluding carboxylic acids is 2. The van der Waals surface area contributed by atoms with Crippen LogP contribution in [-0.4, -0.2) is 99.6 Å². The Morgan fingerprint density at radius 1 is 0.519 bits per heavy atom.